The minimum absolute atomic E-state index is 0.141. The number of aliphatic carboxylic acids is 1. The van der Waals surface area contributed by atoms with Crippen molar-refractivity contribution in [2.75, 3.05) is 34.4 Å². The van der Waals surface area contributed by atoms with Gasteiger partial charge in [-0.1, -0.05) is 12.1 Å². The molecule has 1 fully saturated rings. The average Bonchev–Trinajstić information content (AvgIpc) is 2.74. The van der Waals surface area contributed by atoms with Crippen molar-refractivity contribution in [3.63, 3.8) is 0 Å². The molecule has 6 heteroatoms. The Kier molecular flexibility index (Phi) is 6.41. The Morgan fingerprint density at radius 1 is 1.07 bits per heavy atom. The zero-order chi connectivity index (χ0) is 20.1. The lowest BCUT2D eigenvalue weighted by Crippen LogP contribution is -2.41. The molecule has 3 rings (SSSR count). The Bertz CT molecular complexity index is 822. The van der Waals surface area contributed by atoms with Gasteiger partial charge in [-0.2, -0.15) is 0 Å². The molecule has 1 saturated heterocycles. The van der Waals surface area contributed by atoms with Gasteiger partial charge in [0, 0.05) is 18.2 Å². The second-order valence-corrected chi connectivity index (χ2v) is 6.96. The van der Waals surface area contributed by atoms with Crippen molar-refractivity contribution in [2.45, 2.75) is 18.9 Å². The summed E-state index contributed by atoms with van der Waals surface area (Å²) in [6, 6.07) is 13.5. The van der Waals surface area contributed by atoms with Crippen LogP contribution >= 0.6 is 0 Å². The number of ether oxygens (including phenoxy) is 3. The summed E-state index contributed by atoms with van der Waals surface area (Å²) in [6.07, 6.45) is 1.55. The average molecular weight is 385 g/mol. The molecule has 1 N–H and O–H groups in total. The first-order chi connectivity index (χ1) is 13.6. The molecule has 2 aromatic carbocycles. The summed E-state index contributed by atoms with van der Waals surface area (Å²) >= 11 is 0. The number of carbonyl (C=O) groups is 1. The molecule has 28 heavy (non-hydrogen) atoms. The van der Waals surface area contributed by atoms with Crippen LogP contribution in [0.15, 0.2) is 42.5 Å². The molecule has 6 nitrogen and oxygen atoms in total. The summed E-state index contributed by atoms with van der Waals surface area (Å²) in [7, 11) is 4.90. The first kappa shape index (κ1) is 20.0. The number of hydrogen-bond donors (Lipinski definition) is 1. The van der Waals surface area contributed by atoms with E-state index in [1.54, 1.807) is 21.3 Å². The second-order valence-electron chi connectivity index (χ2n) is 6.96. The molecule has 2 unspecified atom stereocenters. The van der Waals surface area contributed by atoms with E-state index in [4.69, 9.17) is 14.2 Å². The van der Waals surface area contributed by atoms with Gasteiger partial charge in [-0.3, -0.25) is 9.69 Å². The van der Waals surface area contributed by atoms with E-state index in [1.807, 2.05) is 42.5 Å². The van der Waals surface area contributed by atoms with Gasteiger partial charge in [0.05, 0.1) is 33.3 Å². The molecule has 0 radical (unpaired) electrons. The van der Waals surface area contributed by atoms with E-state index >= 15 is 0 Å². The van der Waals surface area contributed by atoms with Crippen LogP contribution in [0, 0.1) is 5.92 Å². The van der Waals surface area contributed by atoms with Crippen LogP contribution in [0.3, 0.4) is 0 Å². The van der Waals surface area contributed by atoms with Crippen LogP contribution < -0.4 is 14.2 Å². The minimum atomic E-state index is -0.740. The number of piperidine rings is 1. The Morgan fingerprint density at radius 2 is 1.82 bits per heavy atom. The van der Waals surface area contributed by atoms with E-state index in [0.717, 1.165) is 29.8 Å². The fraction of sp³-hybridized carbons (Fsp3) is 0.409. The van der Waals surface area contributed by atoms with Gasteiger partial charge < -0.3 is 19.3 Å². The Labute approximate surface area is 165 Å². The fourth-order valence-corrected chi connectivity index (χ4v) is 3.89. The van der Waals surface area contributed by atoms with Crippen molar-refractivity contribution < 1.29 is 24.1 Å². The molecule has 1 aliphatic rings. The zero-order valence-electron chi connectivity index (χ0n) is 16.6. The number of likely N-dealkylation sites (tertiary alicyclic amines) is 1. The summed E-state index contributed by atoms with van der Waals surface area (Å²) < 4.78 is 16.4. The van der Waals surface area contributed by atoms with Crippen molar-refractivity contribution in [2.24, 2.45) is 5.92 Å². The van der Waals surface area contributed by atoms with Crippen LogP contribution in [-0.4, -0.2) is 50.4 Å². The highest BCUT2D eigenvalue weighted by Crippen LogP contribution is 2.39. The number of carboxylic acid groups (broad SMARTS) is 1. The normalized spacial score (nSPS) is 18.3. The minimum Gasteiger partial charge on any atom is -0.497 e. The molecule has 2 atom stereocenters. The van der Waals surface area contributed by atoms with E-state index in [0.29, 0.717) is 24.5 Å². The third kappa shape index (κ3) is 4.22. The van der Waals surface area contributed by atoms with Crippen LogP contribution in [0.1, 0.15) is 30.0 Å². The Morgan fingerprint density at radius 3 is 2.50 bits per heavy atom. The number of benzene rings is 2. The van der Waals surface area contributed by atoms with Gasteiger partial charge in [-0.15, -0.1) is 0 Å². The lowest BCUT2D eigenvalue weighted by atomic mass is 9.91. The highest BCUT2D eigenvalue weighted by atomic mass is 16.5. The Balaban J connectivity index is 2.08. The number of hydrogen-bond acceptors (Lipinski definition) is 5. The zero-order valence-corrected chi connectivity index (χ0v) is 16.6. The molecule has 0 aliphatic carbocycles. The van der Waals surface area contributed by atoms with Crippen molar-refractivity contribution >= 4 is 5.97 Å². The number of rotatable bonds is 7. The van der Waals surface area contributed by atoms with Crippen LogP contribution in [0.25, 0.3) is 0 Å². The fourth-order valence-electron chi connectivity index (χ4n) is 3.89. The van der Waals surface area contributed by atoms with E-state index in [-0.39, 0.29) is 12.0 Å². The summed E-state index contributed by atoms with van der Waals surface area (Å²) in [5.74, 6) is 1.08. The molecular formula is C22H27NO5. The largest absolute Gasteiger partial charge is 0.497 e. The lowest BCUT2D eigenvalue weighted by Gasteiger charge is -2.38. The number of carboxylic acids is 1. The van der Waals surface area contributed by atoms with E-state index in [9.17, 15) is 9.90 Å². The lowest BCUT2D eigenvalue weighted by molar-refractivity contribution is -0.143. The number of methoxy groups -OCH3 is 3. The van der Waals surface area contributed by atoms with Crippen LogP contribution in [0.5, 0.6) is 17.2 Å². The highest BCUT2D eigenvalue weighted by Gasteiger charge is 2.32. The van der Waals surface area contributed by atoms with E-state index in [1.165, 1.54) is 0 Å². The predicted molar refractivity (Wildman–Crippen MR) is 106 cm³/mol. The van der Waals surface area contributed by atoms with E-state index in [2.05, 4.69) is 4.90 Å². The first-order valence-electron chi connectivity index (χ1n) is 9.40. The molecule has 0 bridgehead atoms. The summed E-state index contributed by atoms with van der Waals surface area (Å²) in [4.78, 5) is 13.8. The quantitative estimate of drug-likeness (QED) is 0.785. The van der Waals surface area contributed by atoms with Crippen molar-refractivity contribution in [3.8, 4) is 17.2 Å². The van der Waals surface area contributed by atoms with Crippen molar-refractivity contribution in [3.05, 3.63) is 53.6 Å². The Hall–Kier alpha value is -2.73. The van der Waals surface area contributed by atoms with Gasteiger partial charge in [0.2, 0.25) is 0 Å². The van der Waals surface area contributed by atoms with Crippen LogP contribution in [-0.2, 0) is 4.79 Å². The summed E-state index contributed by atoms with van der Waals surface area (Å²) in [5, 5.41) is 9.54. The van der Waals surface area contributed by atoms with Gasteiger partial charge in [0.15, 0.2) is 0 Å². The van der Waals surface area contributed by atoms with Crippen LogP contribution in [0.4, 0.5) is 0 Å². The van der Waals surface area contributed by atoms with Crippen molar-refractivity contribution in [1.82, 2.24) is 4.90 Å². The van der Waals surface area contributed by atoms with Gasteiger partial charge in [0.25, 0.3) is 0 Å². The smallest absolute Gasteiger partial charge is 0.307 e. The topological polar surface area (TPSA) is 68.2 Å². The third-order valence-electron chi connectivity index (χ3n) is 5.31. The van der Waals surface area contributed by atoms with Gasteiger partial charge in [-0.25, -0.2) is 0 Å². The maximum Gasteiger partial charge on any atom is 0.307 e. The predicted octanol–water partition coefficient (Wildman–Crippen LogP) is 3.60. The first-order valence-corrected chi connectivity index (χ1v) is 9.40. The summed E-state index contributed by atoms with van der Waals surface area (Å²) in [5.41, 5.74) is 2.01. The van der Waals surface area contributed by atoms with Crippen LogP contribution in [0.2, 0.25) is 0 Å². The van der Waals surface area contributed by atoms with Crippen molar-refractivity contribution in [1.29, 1.82) is 0 Å². The molecule has 150 valence electrons. The monoisotopic (exact) mass is 385 g/mol. The van der Waals surface area contributed by atoms with Gasteiger partial charge in [-0.05, 0) is 49.2 Å². The molecule has 2 aromatic rings. The molecule has 1 aliphatic heterocycles. The SMILES string of the molecule is COc1cccc(C(c2ccc(OC)cc2OC)N2CCCC(C(=O)O)C2)c1. The maximum atomic E-state index is 11.6. The second kappa shape index (κ2) is 8.97. The van der Waals surface area contributed by atoms with E-state index < -0.39 is 5.97 Å². The molecular weight excluding hydrogens is 358 g/mol. The standard InChI is InChI=1S/C22H27NO5/c1-26-17-8-4-6-15(12-17)21(23-11-5-7-16(14-23)22(24)25)19-10-9-18(27-2)13-20(19)28-3/h4,6,8-10,12-13,16,21H,5,7,11,14H2,1-3H3,(H,24,25). The molecule has 0 amide bonds. The summed E-state index contributed by atoms with van der Waals surface area (Å²) in [6.45, 7) is 1.31. The molecule has 0 aromatic heterocycles. The molecule has 0 saturated carbocycles. The van der Waals surface area contributed by atoms with Gasteiger partial charge in [0.1, 0.15) is 17.2 Å². The molecule has 1 heterocycles. The van der Waals surface area contributed by atoms with Gasteiger partial charge >= 0.3 is 5.97 Å². The molecule has 0 spiro atoms. The maximum absolute atomic E-state index is 11.6. The highest BCUT2D eigenvalue weighted by molar-refractivity contribution is 5.70. The number of nitrogens with zero attached hydrogens (tertiary/aromatic N) is 1. The third-order valence-corrected chi connectivity index (χ3v) is 5.31.